The summed E-state index contributed by atoms with van der Waals surface area (Å²) in [5, 5.41) is 15.6. The molecule has 0 spiro atoms. The van der Waals surface area contributed by atoms with Crippen LogP contribution in [0.1, 0.15) is 27.0 Å². The van der Waals surface area contributed by atoms with Crippen molar-refractivity contribution < 1.29 is 9.90 Å². The van der Waals surface area contributed by atoms with Gasteiger partial charge in [0.1, 0.15) is 6.61 Å². The number of carbonyl (C=O) groups is 1. The quantitative estimate of drug-likeness (QED) is 0.826. The minimum Gasteiger partial charge on any atom is -0.384 e. The molecule has 0 aliphatic heterocycles. The van der Waals surface area contributed by atoms with E-state index < -0.39 is 0 Å². The van der Waals surface area contributed by atoms with Crippen LogP contribution in [-0.4, -0.2) is 27.4 Å². The van der Waals surface area contributed by atoms with Crippen LogP contribution in [0.4, 0.5) is 0 Å². The second-order valence-electron chi connectivity index (χ2n) is 4.69. The average molecular weight is 283 g/mol. The van der Waals surface area contributed by atoms with Crippen molar-refractivity contribution in [2.24, 2.45) is 7.05 Å². The van der Waals surface area contributed by atoms with E-state index in [2.05, 4.69) is 22.3 Å². The van der Waals surface area contributed by atoms with E-state index >= 15 is 0 Å². The number of hydrogen-bond donors (Lipinski definition) is 2. The van der Waals surface area contributed by atoms with Gasteiger partial charge < -0.3 is 10.4 Å². The molecule has 0 aliphatic rings. The fourth-order valence-electron chi connectivity index (χ4n) is 1.88. The molecule has 0 saturated carbocycles. The van der Waals surface area contributed by atoms with Gasteiger partial charge in [0.05, 0.1) is 6.20 Å². The summed E-state index contributed by atoms with van der Waals surface area (Å²) in [4.78, 5) is 12.1. The Labute approximate surface area is 123 Å². The van der Waals surface area contributed by atoms with E-state index in [1.807, 2.05) is 26.2 Å². The monoisotopic (exact) mass is 283 g/mol. The number of nitrogens with zero attached hydrogens (tertiary/aromatic N) is 2. The smallest absolute Gasteiger partial charge is 0.251 e. The number of aromatic nitrogens is 2. The van der Waals surface area contributed by atoms with E-state index in [9.17, 15) is 4.79 Å². The number of carbonyl (C=O) groups excluding carboxylic acids is 1. The van der Waals surface area contributed by atoms with Gasteiger partial charge in [0.25, 0.3) is 5.91 Å². The minimum absolute atomic E-state index is 0.161. The predicted octanol–water partition coefficient (Wildman–Crippen LogP) is 1.00. The van der Waals surface area contributed by atoms with Gasteiger partial charge in [0.2, 0.25) is 0 Å². The first kappa shape index (κ1) is 14.8. The Morgan fingerprint density at radius 3 is 2.95 bits per heavy atom. The fraction of sp³-hybridized carbons (Fsp3) is 0.250. The normalized spacial score (nSPS) is 9.86. The van der Waals surface area contributed by atoms with Crippen LogP contribution in [0, 0.1) is 18.8 Å². The first-order valence-electron chi connectivity index (χ1n) is 6.56. The van der Waals surface area contributed by atoms with Gasteiger partial charge in [0, 0.05) is 36.5 Å². The highest BCUT2D eigenvalue weighted by atomic mass is 16.2. The van der Waals surface area contributed by atoms with Gasteiger partial charge in [-0.3, -0.25) is 9.48 Å². The summed E-state index contributed by atoms with van der Waals surface area (Å²) in [6.07, 6.45) is 3.57. The predicted molar refractivity (Wildman–Crippen MR) is 79.5 cm³/mol. The van der Waals surface area contributed by atoms with Crippen molar-refractivity contribution in [2.75, 3.05) is 6.61 Å². The van der Waals surface area contributed by atoms with Crippen LogP contribution in [-0.2, 0) is 13.6 Å². The summed E-state index contributed by atoms with van der Waals surface area (Å²) in [6.45, 7) is 2.15. The van der Waals surface area contributed by atoms with Crippen LogP contribution in [0.25, 0.3) is 0 Å². The van der Waals surface area contributed by atoms with Crippen molar-refractivity contribution in [3.8, 4) is 11.8 Å². The van der Waals surface area contributed by atoms with Crippen LogP contribution < -0.4 is 5.32 Å². The van der Waals surface area contributed by atoms with Gasteiger partial charge in [-0.05, 0) is 24.6 Å². The molecule has 1 heterocycles. The average Bonchev–Trinajstić information content (AvgIpc) is 2.89. The van der Waals surface area contributed by atoms with Crippen LogP contribution >= 0.6 is 0 Å². The Bertz CT molecular complexity index is 708. The lowest BCUT2D eigenvalue weighted by atomic mass is 10.0. The Morgan fingerprint density at radius 1 is 1.48 bits per heavy atom. The lowest BCUT2D eigenvalue weighted by Gasteiger charge is -2.06. The maximum absolute atomic E-state index is 12.1. The van der Waals surface area contributed by atoms with Crippen molar-refractivity contribution in [3.63, 3.8) is 0 Å². The molecule has 21 heavy (non-hydrogen) atoms. The molecule has 2 N–H and O–H groups in total. The third-order valence-corrected chi connectivity index (χ3v) is 3.01. The molecule has 0 radical (unpaired) electrons. The molecule has 2 aromatic rings. The molecular weight excluding hydrogens is 266 g/mol. The van der Waals surface area contributed by atoms with E-state index in [1.165, 1.54) is 0 Å². The van der Waals surface area contributed by atoms with E-state index in [4.69, 9.17) is 5.11 Å². The van der Waals surface area contributed by atoms with Crippen molar-refractivity contribution in [2.45, 2.75) is 13.5 Å². The van der Waals surface area contributed by atoms with E-state index in [-0.39, 0.29) is 12.5 Å². The molecule has 2 rings (SSSR count). The van der Waals surface area contributed by atoms with E-state index in [0.717, 1.165) is 16.7 Å². The second kappa shape index (κ2) is 6.73. The highest BCUT2D eigenvalue weighted by Gasteiger charge is 2.07. The van der Waals surface area contributed by atoms with Crippen molar-refractivity contribution >= 4 is 5.91 Å². The molecule has 1 amide bonds. The third-order valence-electron chi connectivity index (χ3n) is 3.01. The number of nitrogens with one attached hydrogen (secondary N) is 1. The van der Waals surface area contributed by atoms with Crippen LogP contribution in [0.3, 0.4) is 0 Å². The minimum atomic E-state index is -0.198. The zero-order valence-electron chi connectivity index (χ0n) is 12.1. The highest BCUT2D eigenvalue weighted by molar-refractivity contribution is 5.94. The number of aliphatic hydroxyl groups excluding tert-OH is 1. The molecule has 1 aromatic heterocycles. The molecular formula is C16H17N3O2. The largest absolute Gasteiger partial charge is 0.384 e. The van der Waals surface area contributed by atoms with E-state index in [0.29, 0.717) is 12.1 Å². The van der Waals surface area contributed by atoms with Crippen molar-refractivity contribution in [3.05, 3.63) is 52.8 Å². The maximum atomic E-state index is 12.1. The Kier molecular flexibility index (Phi) is 4.75. The summed E-state index contributed by atoms with van der Waals surface area (Å²) in [6, 6.07) is 5.34. The topological polar surface area (TPSA) is 67.2 Å². The summed E-state index contributed by atoms with van der Waals surface area (Å²) < 4.78 is 1.69. The fourth-order valence-corrected chi connectivity index (χ4v) is 1.88. The summed E-state index contributed by atoms with van der Waals surface area (Å²) in [5.41, 5.74) is 3.21. The molecule has 0 unspecified atom stereocenters. The molecule has 0 saturated heterocycles. The molecule has 0 fully saturated rings. The number of benzene rings is 1. The first-order valence-corrected chi connectivity index (χ1v) is 6.56. The van der Waals surface area contributed by atoms with Gasteiger partial charge in [-0.15, -0.1) is 0 Å². The van der Waals surface area contributed by atoms with Gasteiger partial charge >= 0.3 is 0 Å². The van der Waals surface area contributed by atoms with Gasteiger partial charge in [0.15, 0.2) is 0 Å². The summed E-state index contributed by atoms with van der Waals surface area (Å²) >= 11 is 0. The molecule has 5 heteroatoms. The number of hydrogen-bond acceptors (Lipinski definition) is 3. The van der Waals surface area contributed by atoms with Crippen molar-refractivity contribution in [1.29, 1.82) is 0 Å². The van der Waals surface area contributed by atoms with Gasteiger partial charge in [-0.25, -0.2) is 0 Å². The number of aryl methyl sites for hydroxylation is 2. The third kappa shape index (κ3) is 3.94. The van der Waals surface area contributed by atoms with Gasteiger partial charge in [-0.2, -0.15) is 5.10 Å². The lowest BCUT2D eigenvalue weighted by Crippen LogP contribution is -2.22. The number of amides is 1. The summed E-state index contributed by atoms with van der Waals surface area (Å²) in [5.74, 6) is 5.28. The second-order valence-corrected chi connectivity index (χ2v) is 4.69. The first-order chi connectivity index (χ1) is 10.1. The molecule has 0 aliphatic carbocycles. The zero-order chi connectivity index (χ0) is 15.2. The molecule has 0 atom stereocenters. The SMILES string of the molecule is Cc1ccc(C(=O)NCc2cnn(C)c2)cc1C#CCO. The molecule has 1 aromatic carbocycles. The molecule has 0 bridgehead atoms. The zero-order valence-corrected chi connectivity index (χ0v) is 12.1. The van der Waals surface area contributed by atoms with Crippen LogP contribution in [0.5, 0.6) is 0 Å². The van der Waals surface area contributed by atoms with Crippen LogP contribution in [0.2, 0.25) is 0 Å². The highest BCUT2D eigenvalue weighted by Crippen LogP contribution is 2.10. The standard InChI is InChI=1S/C16H17N3O2/c1-12-5-6-15(8-14(12)4-3-7-20)16(21)17-9-13-10-18-19(2)11-13/h5-6,8,10-11,20H,7,9H2,1-2H3,(H,17,21). The summed E-state index contributed by atoms with van der Waals surface area (Å²) in [7, 11) is 1.83. The van der Waals surface area contributed by atoms with Gasteiger partial charge in [-0.1, -0.05) is 17.9 Å². The molecule has 5 nitrogen and oxygen atoms in total. The number of rotatable bonds is 3. The Balaban J connectivity index is 2.08. The Morgan fingerprint density at radius 2 is 2.29 bits per heavy atom. The molecule has 108 valence electrons. The van der Waals surface area contributed by atoms with Crippen LogP contribution in [0.15, 0.2) is 30.6 Å². The lowest BCUT2D eigenvalue weighted by molar-refractivity contribution is 0.0951. The maximum Gasteiger partial charge on any atom is 0.251 e. The van der Waals surface area contributed by atoms with E-state index in [1.54, 1.807) is 23.0 Å². The Hall–Kier alpha value is -2.58. The number of aliphatic hydroxyl groups is 1. The van der Waals surface area contributed by atoms with Crippen molar-refractivity contribution in [1.82, 2.24) is 15.1 Å².